The molecule has 0 fully saturated rings. The molecule has 1 N–H and O–H groups in total. The van der Waals surface area contributed by atoms with Crippen LogP contribution in [0.1, 0.15) is 11.1 Å². The van der Waals surface area contributed by atoms with Crippen LogP contribution in [-0.2, 0) is 0 Å². The van der Waals surface area contributed by atoms with Gasteiger partial charge in [0.25, 0.3) is 0 Å². The molecule has 146 valence electrons. The minimum absolute atomic E-state index is 0.259. The highest BCUT2D eigenvalue weighted by molar-refractivity contribution is 5.88. The zero-order chi connectivity index (χ0) is 20.7. The highest BCUT2D eigenvalue weighted by Gasteiger charge is 2.18. The van der Waals surface area contributed by atoms with E-state index in [4.69, 9.17) is 9.40 Å². The summed E-state index contributed by atoms with van der Waals surface area (Å²) in [6.07, 6.45) is 0. The summed E-state index contributed by atoms with van der Waals surface area (Å²) < 4.78 is 6.32. The molecule has 0 amide bonds. The monoisotopic (exact) mass is 391 g/mol. The van der Waals surface area contributed by atoms with Crippen LogP contribution >= 0.6 is 0 Å². The van der Waals surface area contributed by atoms with Gasteiger partial charge in [0.05, 0.1) is 0 Å². The van der Waals surface area contributed by atoms with E-state index in [1.165, 1.54) is 11.1 Å². The Bertz CT molecular complexity index is 1280. The van der Waals surface area contributed by atoms with Crippen LogP contribution in [0.2, 0.25) is 0 Å². The fourth-order valence-corrected chi connectivity index (χ4v) is 3.62. The lowest BCUT2D eigenvalue weighted by Gasteiger charge is -2.03. The number of nitrogens with zero attached hydrogens (tertiary/aromatic N) is 1. The van der Waals surface area contributed by atoms with Crippen LogP contribution < -0.4 is 0 Å². The summed E-state index contributed by atoms with van der Waals surface area (Å²) in [6, 6.07) is 28.0. The number of oxazole rings is 1. The molecule has 0 aliphatic heterocycles. The first-order valence-corrected chi connectivity index (χ1v) is 9.95. The van der Waals surface area contributed by atoms with E-state index in [1.54, 1.807) is 12.1 Å². The van der Waals surface area contributed by atoms with Crippen molar-refractivity contribution in [3.63, 3.8) is 0 Å². The average molecular weight is 391 g/mol. The second-order valence-electron chi connectivity index (χ2n) is 7.68. The van der Waals surface area contributed by atoms with E-state index in [-0.39, 0.29) is 5.75 Å². The van der Waals surface area contributed by atoms with Crippen molar-refractivity contribution in [3.8, 4) is 39.8 Å². The Kier molecular flexibility index (Phi) is 4.36. The largest absolute Gasteiger partial charge is 0.508 e. The second-order valence-corrected chi connectivity index (χ2v) is 7.68. The minimum atomic E-state index is 0.259. The van der Waals surface area contributed by atoms with Crippen molar-refractivity contribution in [2.75, 3.05) is 0 Å². The molecule has 5 aromatic rings. The Morgan fingerprint density at radius 3 is 1.90 bits per heavy atom. The summed E-state index contributed by atoms with van der Waals surface area (Å²) in [5.74, 6) is 1.60. The van der Waals surface area contributed by atoms with Crippen LogP contribution in [0.25, 0.3) is 44.8 Å². The number of hydrogen-bond donors (Lipinski definition) is 1. The fourth-order valence-electron chi connectivity index (χ4n) is 3.62. The predicted octanol–water partition coefficient (Wildman–Crippen LogP) is 7.15. The van der Waals surface area contributed by atoms with Gasteiger partial charge in [-0.15, -0.1) is 0 Å². The van der Waals surface area contributed by atoms with Gasteiger partial charge in [0.2, 0.25) is 5.89 Å². The third-order valence-electron chi connectivity index (χ3n) is 5.34. The number of fused-ring (bicyclic) bond motifs is 1. The first-order valence-electron chi connectivity index (χ1n) is 9.95. The van der Waals surface area contributed by atoms with Crippen LogP contribution in [0, 0.1) is 13.8 Å². The number of aryl methyl sites for hydroxylation is 2. The predicted molar refractivity (Wildman–Crippen MR) is 121 cm³/mol. The Morgan fingerprint density at radius 2 is 1.20 bits per heavy atom. The van der Waals surface area contributed by atoms with E-state index >= 15 is 0 Å². The number of rotatable bonds is 3. The first kappa shape index (κ1) is 18.2. The number of hydrogen-bond acceptors (Lipinski definition) is 3. The van der Waals surface area contributed by atoms with Crippen molar-refractivity contribution < 1.29 is 9.52 Å². The Hall–Kier alpha value is -3.85. The molecule has 0 saturated heterocycles. The van der Waals surface area contributed by atoms with E-state index in [2.05, 4.69) is 62.4 Å². The molecule has 0 spiro atoms. The Morgan fingerprint density at radius 1 is 0.633 bits per heavy atom. The lowest BCUT2D eigenvalue weighted by Crippen LogP contribution is -1.84. The standard InChI is InChI=1S/C27H21NO2/c1-17-3-7-19(8-4-17)25-26(20-9-5-18(2)6-10-20)30-27(28-25)23-12-11-22-16-24(29)14-13-21(22)15-23/h3-16,29H,1-2H3. The smallest absolute Gasteiger partial charge is 0.227 e. The van der Waals surface area contributed by atoms with Crippen LogP contribution in [0.3, 0.4) is 0 Å². The molecule has 0 atom stereocenters. The molecule has 1 heterocycles. The molecule has 3 heteroatoms. The maximum Gasteiger partial charge on any atom is 0.227 e. The number of benzene rings is 4. The lowest BCUT2D eigenvalue weighted by atomic mass is 10.0. The van der Waals surface area contributed by atoms with Crippen molar-refractivity contribution in [2.24, 2.45) is 0 Å². The topological polar surface area (TPSA) is 46.3 Å². The molecular formula is C27H21NO2. The minimum Gasteiger partial charge on any atom is -0.508 e. The van der Waals surface area contributed by atoms with Gasteiger partial charge in [-0.05, 0) is 48.9 Å². The molecule has 0 aliphatic carbocycles. The molecule has 4 aromatic carbocycles. The van der Waals surface area contributed by atoms with Crippen LogP contribution in [0.5, 0.6) is 5.75 Å². The van der Waals surface area contributed by atoms with Gasteiger partial charge in [0.1, 0.15) is 11.4 Å². The van der Waals surface area contributed by atoms with Crippen LogP contribution in [0.4, 0.5) is 0 Å². The molecule has 0 unspecified atom stereocenters. The van der Waals surface area contributed by atoms with Gasteiger partial charge in [-0.1, -0.05) is 71.8 Å². The fraction of sp³-hybridized carbons (Fsp3) is 0.0741. The number of phenolic OH excluding ortho intramolecular Hbond substituents is 1. The highest BCUT2D eigenvalue weighted by Crippen LogP contribution is 2.37. The third-order valence-corrected chi connectivity index (χ3v) is 5.34. The molecule has 0 radical (unpaired) electrons. The van der Waals surface area contributed by atoms with Gasteiger partial charge < -0.3 is 9.52 Å². The maximum absolute atomic E-state index is 9.72. The van der Waals surface area contributed by atoms with Gasteiger partial charge in [-0.3, -0.25) is 0 Å². The lowest BCUT2D eigenvalue weighted by molar-refractivity contribution is 0.476. The van der Waals surface area contributed by atoms with Gasteiger partial charge in [0, 0.05) is 16.7 Å². The van der Waals surface area contributed by atoms with Crippen molar-refractivity contribution in [1.82, 2.24) is 4.98 Å². The number of aromatic nitrogens is 1. The van der Waals surface area contributed by atoms with Crippen LogP contribution in [0.15, 0.2) is 89.3 Å². The van der Waals surface area contributed by atoms with Crippen molar-refractivity contribution in [2.45, 2.75) is 13.8 Å². The summed E-state index contributed by atoms with van der Waals surface area (Å²) in [5.41, 5.74) is 6.17. The third kappa shape index (κ3) is 3.35. The van der Waals surface area contributed by atoms with E-state index < -0.39 is 0 Å². The van der Waals surface area contributed by atoms with Crippen molar-refractivity contribution in [1.29, 1.82) is 0 Å². The molecule has 5 rings (SSSR count). The molecule has 0 aliphatic rings. The first-order chi connectivity index (χ1) is 14.6. The average Bonchev–Trinajstić information content (AvgIpc) is 3.20. The molecule has 1 aromatic heterocycles. The van der Waals surface area contributed by atoms with Crippen molar-refractivity contribution in [3.05, 3.63) is 96.1 Å². The van der Waals surface area contributed by atoms with E-state index in [0.717, 1.165) is 38.9 Å². The Labute approximate surface area is 175 Å². The SMILES string of the molecule is Cc1ccc(-c2nc(-c3ccc4cc(O)ccc4c3)oc2-c2ccc(C)cc2)cc1. The molecule has 30 heavy (non-hydrogen) atoms. The summed E-state index contributed by atoms with van der Waals surface area (Å²) >= 11 is 0. The molecule has 0 bridgehead atoms. The van der Waals surface area contributed by atoms with E-state index in [0.29, 0.717) is 5.89 Å². The maximum atomic E-state index is 9.72. The normalized spacial score (nSPS) is 11.1. The van der Waals surface area contributed by atoms with E-state index in [1.807, 2.05) is 24.3 Å². The van der Waals surface area contributed by atoms with Gasteiger partial charge in [0.15, 0.2) is 5.76 Å². The van der Waals surface area contributed by atoms with Gasteiger partial charge in [-0.25, -0.2) is 4.98 Å². The zero-order valence-electron chi connectivity index (χ0n) is 16.9. The van der Waals surface area contributed by atoms with Crippen molar-refractivity contribution >= 4 is 10.8 Å². The van der Waals surface area contributed by atoms with E-state index in [9.17, 15) is 5.11 Å². The summed E-state index contributed by atoms with van der Waals surface area (Å²) in [7, 11) is 0. The molecule has 0 saturated carbocycles. The van der Waals surface area contributed by atoms with Gasteiger partial charge >= 0.3 is 0 Å². The second kappa shape index (κ2) is 7.20. The number of aromatic hydroxyl groups is 1. The van der Waals surface area contributed by atoms with Gasteiger partial charge in [-0.2, -0.15) is 0 Å². The quantitative estimate of drug-likeness (QED) is 0.355. The highest BCUT2D eigenvalue weighted by atomic mass is 16.4. The summed E-state index contributed by atoms with van der Waals surface area (Å²) in [6.45, 7) is 4.15. The summed E-state index contributed by atoms with van der Waals surface area (Å²) in [4.78, 5) is 4.89. The Balaban J connectivity index is 1.68. The van der Waals surface area contributed by atoms with Crippen LogP contribution in [-0.4, -0.2) is 10.1 Å². The number of phenols is 1. The molecular weight excluding hydrogens is 370 g/mol. The summed E-state index contributed by atoms with van der Waals surface area (Å²) in [5, 5.41) is 11.7. The molecule has 3 nitrogen and oxygen atoms in total. The zero-order valence-corrected chi connectivity index (χ0v) is 16.9.